The van der Waals surface area contributed by atoms with E-state index in [1.165, 1.54) is 13.2 Å². The van der Waals surface area contributed by atoms with Gasteiger partial charge < -0.3 is 19.5 Å². The first-order chi connectivity index (χ1) is 12.5. The zero-order chi connectivity index (χ0) is 18.7. The topological polar surface area (TPSA) is 101 Å². The molecule has 1 fully saturated rings. The SMILES string of the molecule is CCOc1cccc(N2CCN(C(=O)c3c[nH]c(=O)n(C)c3=O)CC2)n1. The summed E-state index contributed by atoms with van der Waals surface area (Å²) in [5.41, 5.74) is -1.17. The molecule has 0 saturated carbocycles. The number of nitrogens with zero attached hydrogens (tertiary/aromatic N) is 4. The molecule has 0 unspecified atom stereocenters. The molecule has 1 amide bonds. The Labute approximate surface area is 149 Å². The molecule has 2 aromatic rings. The maximum Gasteiger partial charge on any atom is 0.328 e. The first kappa shape index (κ1) is 17.7. The minimum atomic E-state index is -0.590. The van der Waals surface area contributed by atoms with Gasteiger partial charge in [-0.2, -0.15) is 4.98 Å². The fourth-order valence-electron chi connectivity index (χ4n) is 2.84. The third-order valence-corrected chi connectivity index (χ3v) is 4.30. The molecule has 0 aromatic carbocycles. The maximum absolute atomic E-state index is 12.6. The average Bonchev–Trinajstić information content (AvgIpc) is 2.66. The fourth-order valence-corrected chi connectivity index (χ4v) is 2.84. The van der Waals surface area contributed by atoms with Gasteiger partial charge in [-0.05, 0) is 13.0 Å². The van der Waals surface area contributed by atoms with Crippen LogP contribution >= 0.6 is 0 Å². The lowest BCUT2D eigenvalue weighted by Crippen LogP contribution is -2.50. The summed E-state index contributed by atoms with van der Waals surface area (Å²) < 4.78 is 6.32. The first-order valence-corrected chi connectivity index (χ1v) is 8.44. The van der Waals surface area contributed by atoms with E-state index in [0.29, 0.717) is 38.7 Å². The Morgan fingerprint density at radius 1 is 1.23 bits per heavy atom. The molecule has 3 heterocycles. The van der Waals surface area contributed by atoms with E-state index in [-0.39, 0.29) is 11.5 Å². The third kappa shape index (κ3) is 3.46. The summed E-state index contributed by atoms with van der Waals surface area (Å²) >= 11 is 0. The average molecular weight is 359 g/mol. The highest BCUT2D eigenvalue weighted by Gasteiger charge is 2.25. The second-order valence-electron chi connectivity index (χ2n) is 5.92. The van der Waals surface area contributed by atoms with E-state index in [9.17, 15) is 14.4 Å². The second-order valence-corrected chi connectivity index (χ2v) is 5.92. The summed E-state index contributed by atoms with van der Waals surface area (Å²) in [6.45, 7) is 4.56. The van der Waals surface area contributed by atoms with Crippen molar-refractivity contribution in [1.29, 1.82) is 0 Å². The van der Waals surface area contributed by atoms with Crippen LogP contribution in [0.15, 0.2) is 34.0 Å². The van der Waals surface area contributed by atoms with Gasteiger partial charge in [0.15, 0.2) is 0 Å². The Morgan fingerprint density at radius 3 is 2.65 bits per heavy atom. The number of ether oxygens (including phenoxy) is 1. The summed E-state index contributed by atoms with van der Waals surface area (Å²) in [5.74, 6) is 0.987. The van der Waals surface area contributed by atoms with Crippen molar-refractivity contribution in [3.63, 3.8) is 0 Å². The van der Waals surface area contributed by atoms with Crippen LogP contribution in [0, 0.1) is 0 Å². The smallest absolute Gasteiger partial charge is 0.328 e. The lowest BCUT2D eigenvalue weighted by Gasteiger charge is -2.35. The van der Waals surface area contributed by atoms with Crippen molar-refractivity contribution in [2.24, 2.45) is 7.05 Å². The lowest BCUT2D eigenvalue weighted by molar-refractivity contribution is 0.0743. The molecule has 2 aromatic heterocycles. The van der Waals surface area contributed by atoms with E-state index >= 15 is 0 Å². The fraction of sp³-hybridized carbons (Fsp3) is 0.412. The lowest BCUT2D eigenvalue weighted by atomic mass is 10.2. The molecule has 0 bridgehead atoms. The van der Waals surface area contributed by atoms with Gasteiger partial charge in [-0.25, -0.2) is 4.79 Å². The summed E-state index contributed by atoms with van der Waals surface area (Å²) in [6, 6.07) is 5.59. The van der Waals surface area contributed by atoms with Crippen molar-refractivity contribution in [2.45, 2.75) is 6.92 Å². The van der Waals surface area contributed by atoms with Crippen LogP contribution in [-0.4, -0.2) is 58.1 Å². The number of nitrogens with one attached hydrogen (secondary N) is 1. The summed E-state index contributed by atoms with van der Waals surface area (Å²) in [7, 11) is 1.34. The normalized spacial score (nSPS) is 14.4. The Bertz CT molecular complexity index is 912. The second kappa shape index (κ2) is 7.42. The molecular formula is C17H21N5O4. The van der Waals surface area contributed by atoms with Crippen molar-refractivity contribution >= 4 is 11.7 Å². The number of hydrogen-bond acceptors (Lipinski definition) is 6. The van der Waals surface area contributed by atoms with Crippen molar-refractivity contribution in [1.82, 2.24) is 19.4 Å². The van der Waals surface area contributed by atoms with E-state index < -0.39 is 11.2 Å². The summed E-state index contributed by atoms with van der Waals surface area (Å²) in [5, 5.41) is 0. The van der Waals surface area contributed by atoms with E-state index in [1.807, 2.05) is 19.1 Å². The van der Waals surface area contributed by atoms with Gasteiger partial charge in [0.1, 0.15) is 11.4 Å². The minimum absolute atomic E-state index is 0.0305. The largest absolute Gasteiger partial charge is 0.478 e. The van der Waals surface area contributed by atoms with Crippen molar-refractivity contribution in [2.75, 3.05) is 37.7 Å². The molecule has 9 nitrogen and oxygen atoms in total. The molecule has 0 spiro atoms. The van der Waals surface area contributed by atoms with Gasteiger partial charge in [0.2, 0.25) is 5.88 Å². The van der Waals surface area contributed by atoms with E-state index in [1.54, 1.807) is 11.0 Å². The number of carbonyl (C=O) groups excluding carboxylic acids is 1. The number of H-pyrrole nitrogens is 1. The third-order valence-electron chi connectivity index (χ3n) is 4.30. The van der Waals surface area contributed by atoms with E-state index in [0.717, 1.165) is 10.4 Å². The van der Waals surface area contributed by atoms with Crippen LogP contribution in [0.3, 0.4) is 0 Å². The van der Waals surface area contributed by atoms with Crippen LogP contribution in [0.2, 0.25) is 0 Å². The number of hydrogen-bond donors (Lipinski definition) is 1. The number of rotatable bonds is 4. The maximum atomic E-state index is 12.6. The van der Waals surface area contributed by atoms with Crippen molar-refractivity contribution < 1.29 is 9.53 Å². The Hall–Kier alpha value is -3.10. The van der Waals surface area contributed by atoms with E-state index in [2.05, 4.69) is 14.9 Å². The number of piperazine rings is 1. The van der Waals surface area contributed by atoms with Gasteiger partial charge in [0.25, 0.3) is 11.5 Å². The van der Waals surface area contributed by atoms with Crippen LogP contribution in [0.5, 0.6) is 5.88 Å². The van der Waals surface area contributed by atoms with Gasteiger partial charge in [-0.15, -0.1) is 0 Å². The quantitative estimate of drug-likeness (QED) is 0.813. The first-order valence-electron chi connectivity index (χ1n) is 8.44. The zero-order valence-electron chi connectivity index (χ0n) is 14.8. The van der Waals surface area contributed by atoms with Crippen LogP contribution in [0.25, 0.3) is 0 Å². The molecule has 1 saturated heterocycles. The van der Waals surface area contributed by atoms with E-state index in [4.69, 9.17) is 4.74 Å². The van der Waals surface area contributed by atoms with Gasteiger partial charge in [-0.3, -0.25) is 14.2 Å². The number of amides is 1. The molecule has 0 atom stereocenters. The molecule has 9 heteroatoms. The standard InChI is InChI=1S/C17H21N5O4/c1-3-26-14-6-4-5-13(19-14)21-7-9-22(10-8-21)16(24)12-11-18-17(25)20(2)15(12)23/h4-6,11H,3,7-10H2,1-2H3,(H,18,25). The minimum Gasteiger partial charge on any atom is -0.478 e. The number of anilines is 1. The molecule has 1 N–H and O–H groups in total. The van der Waals surface area contributed by atoms with Gasteiger partial charge >= 0.3 is 5.69 Å². The molecule has 3 rings (SSSR count). The molecule has 0 aliphatic carbocycles. The molecule has 1 aliphatic rings. The number of pyridine rings is 1. The Kier molecular flexibility index (Phi) is 5.06. The Morgan fingerprint density at radius 2 is 1.96 bits per heavy atom. The highest BCUT2D eigenvalue weighted by atomic mass is 16.5. The van der Waals surface area contributed by atoms with Crippen LogP contribution in [0.4, 0.5) is 5.82 Å². The van der Waals surface area contributed by atoms with Crippen LogP contribution in [-0.2, 0) is 7.05 Å². The molecule has 0 radical (unpaired) electrons. The number of aromatic nitrogens is 3. The number of aromatic amines is 1. The predicted octanol–water partition coefficient (Wildman–Crippen LogP) is -0.170. The Balaban J connectivity index is 1.70. The highest BCUT2D eigenvalue weighted by molar-refractivity contribution is 5.93. The molecule has 1 aliphatic heterocycles. The van der Waals surface area contributed by atoms with Crippen molar-refractivity contribution in [3.05, 3.63) is 50.8 Å². The van der Waals surface area contributed by atoms with Crippen LogP contribution in [0.1, 0.15) is 17.3 Å². The van der Waals surface area contributed by atoms with Crippen molar-refractivity contribution in [3.8, 4) is 5.88 Å². The predicted molar refractivity (Wildman–Crippen MR) is 95.8 cm³/mol. The zero-order valence-corrected chi connectivity index (χ0v) is 14.8. The monoisotopic (exact) mass is 359 g/mol. The van der Waals surface area contributed by atoms with Gasteiger partial charge in [0, 0.05) is 45.5 Å². The van der Waals surface area contributed by atoms with Gasteiger partial charge in [0.05, 0.1) is 6.61 Å². The summed E-state index contributed by atoms with van der Waals surface area (Å²) in [6.07, 6.45) is 1.19. The molecule has 138 valence electrons. The highest BCUT2D eigenvalue weighted by Crippen LogP contribution is 2.18. The summed E-state index contributed by atoms with van der Waals surface area (Å²) in [4.78, 5) is 46.7. The van der Waals surface area contributed by atoms with Crippen LogP contribution < -0.4 is 20.9 Å². The molecule has 26 heavy (non-hydrogen) atoms. The van der Waals surface area contributed by atoms with Gasteiger partial charge in [-0.1, -0.05) is 6.07 Å². The number of carbonyl (C=O) groups is 1. The molecular weight excluding hydrogens is 338 g/mol.